The lowest BCUT2D eigenvalue weighted by Crippen LogP contribution is -2.00. The molecule has 0 atom stereocenters. The molecule has 2 aromatic rings. The highest BCUT2D eigenvalue weighted by molar-refractivity contribution is 7.12. The molecule has 0 bridgehead atoms. The molecule has 0 aromatic carbocycles. The number of aromatic nitrogens is 3. The van der Waals surface area contributed by atoms with Gasteiger partial charge in [0.15, 0.2) is 0 Å². The number of thiophene rings is 1. The van der Waals surface area contributed by atoms with E-state index in [4.69, 9.17) is 11.6 Å². The molecule has 0 N–H and O–H groups in total. The first-order valence-electron chi connectivity index (χ1n) is 4.69. The van der Waals surface area contributed by atoms with E-state index in [-0.39, 0.29) is 0 Å². The summed E-state index contributed by atoms with van der Waals surface area (Å²) in [7, 11) is 0. The SMILES string of the molecule is Cc1cc(Cn2c(C)nnc2Cl)sc1C. The van der Waals surface area contributed by atoms with Gasteiger partial charge in [-0.05, 0) is 44.0 Å². The van der Waals surface area contributed by atoms with Gasteiger partial charge in [0.25, 0.3) is 0 Å². The molecule has 15 heavy (non-hydrogen) atoms. The third-order valence-corrected chi connectivity index (χ3v) is 3.84. The molecule has 0 fully saturated rings. The van der Waals surface area contributed by atoms with Gasteiger partial charge in [0, 0.05) is 9.75 Å². The van der Waals surface area contributed by atoms with Gasteiger partial charge < -0.3 is 0 Å². The van der Waals surface area contributed by atoms with E-state index >= 15 is 0 Å². The highest BCUT2D eigenvalue weighted by Crippen LogP contribution is 2.22. The van der Waals surface area contributed by atoms with Crippen molar-refractivity contribution in [2.24, 2.45) is 0 Å². The molecule has 0 aliphatic rings. The first kappa shape index (κ1) is 10.6. The van der Waals surface area contributed by atoms with Crippen LogP contribution >= 0.6 is 22.9 Å². The second kappa shape index (κ2) is 3.94. The Bertz CT molecular complexity index is 448. The summed E-state index contributed by atoms with van der Waals surface area (Å²) in [6, 6.07) is 2.19. The van der Waals surface area contributed by atoms with E-state index in [1.807, 2.05) is 11.5 Å². The molecule has 2 aromatic heterocycles. The number of halogens is 1. The first-order valence-corrected chi connectivity index (χ1v) is 5.88. The molecule has 0 aliphatic carbocycles. The van der Waals surface area contributed by atoms with Gasteiger partial charge in [0.1, 0.15) is 5.82 Å². The van der Waals surface area contributed by atoms with Crippen LogP contribution in [0, 0.1) is 20.8 Å². The third kappa shape index (κ3) is 2.06. The molecule has 2 rings (SSSR count). The van der Waals surface area contributed by atoms with Crippen LogP contribution in [0.15, 0.2) is 6.07 Å². The summed E-state index contributed by atoms with van der Waals surface area (Å²) in [5, 5.41) is 8.21. The van der Waals surface area contributed by atoms with Crippen molar-refractivity contribution in [2.75, 3.05) is 0 Å². The van der Waals surface area contributed by atoms with Gasteiger partial charge in [0.2, 0.25) is 5.28 Å². The van der Waals surface area contributed by atoms with E-state index in [1.165, 1.54) is 15.3 Å². The summed E-state index contributed by atoms with van der Waals surface area (Å²) in [6.07, 6.45) is 0. The summed E-state index contributed by atoms with van der Waals surface area (Å²) in [4.78, 5) is 2.64. The maximum absolute atomic E-state index is 5.94. The lowest BCUT2D eigenvalue weighted by Gasteiger charge is -2.01. The van der Waals surface area contributed by atoms with Crippen molar-refractivity contribution in [2.45, 2.75) is 27.3 Å². The van der Waals surface area contributed by atoms with Crippen molar-refractivity contribution in [3.05, 3.63) is 32.5 Å². The molecule has 5 heteroatoms. The van der Waals surface area contributed by atoms with E-state index in [2.05, 4.69) is 30.1 Å². The van der Waals surface area contributed by atoms with Gasteiger partial charge >= 0.3 is 0 Å². The smallest absolute Gasteiger partial charge is 0.225 e. The van der Waals surface area contributed by atoms with Gasteiger partial charge in [0.05, 0.1) is 6.54 Å². The Morgan fingerprint density at radius 1 is 1.33 bits per heavy atom. The number of rotatable bonds is 2. The zero-order valence-corrected chi connectivity index (χ0v) is 10.5. The van der Waals surface area contributed by atoms with Crippen LogP contribution in [0.3, 0.4) is 0 Å². The van der Waals surface area contributed by atoms with Gasteiger partial charge in [-0.2, -0.15) is 0 Å². The van der Waals surface area contributed by atoms with Crippen LogP contribution in [0.25, 0.3) is 0 Å². The third-order valence-electron chi connectivity index (χ3n) is 2.42. The Kier molecular flexibility index (Phi) is 2.80. The molecule has 0 spiro atoms. The van der Waals surface area contributed by atoms with Gasteiger partial charge in [-0.25, -0.2) is 0 Å². The number of hydrogen-bond acceptors (Lipinski definition) is 3. The minimum absolute atomic E-state index is 0.455. The molecule has 2 heterocycles. The molecule has 0 aliphatic heterocycles. The molecule has 0 amide bonds. The predicted octanol–water partition coefficient (Wildman–Crippen LogP) is 2.97. The second-order valence-corrected chi connectivity index (χ2v) is 5.23. The lowest BCUT2D eigenvalue weighted by molar-refractivity contribution is 0.772. The van der Waals surface area contributed by atoms with Crippen molar-refractivity contribution in [1.82, 2.24) is 14.8 Å². The quantitative estimate of drug-likeness (QED) is 0.809. The summed E-state index contributed by atoms with van der Waals surface area (Å²) >= 11 is 7.73. The minimum atomic E-state index is 0.455. The van der Waals surface area contributed by atoms with E-state index in [0.29, 0.717) is 5.28 Å². The summed E-state index contributed by atoms with van der Waals surface area (Å²) in [6.45, 7) is 6.92. The molecule has 0 saturated heterocycles. The molecular formula is C10H12ClN3S. The van der Waals surface area contributed by atoms with E-state index in [1.54, 1.807) is 11.3 Å². The van der Waals surface area contributed by atoms with Crippen molar-refractivity contribution in [3.8, 4) is 0 Å². The Morgan fingerprint density at radius 3 is 2.53 bits per heavy atom. The van der Waals surface area contributed by atoms with Crippen molar-refractivity contribution in [1.29, 1.82) is 0 Å². The van der Waals surface area contributed by atoms with Crippen LogP contribution in [0.5, 0.6) is 0 Å². The number of aryl methyl sites for hydroxylation is 3. The monoisotopic (exact) mass is 241 g/mol. The fourth-order valence-electron chi connectivity index (χ4n) is 1.42. The Hall–Kier alpha value is -0.870. The zero-order valence-electron chi connectivity index (χ0n) is 8.91. The minimum Gasteiger partial charge on any atom is -0.297 e. The largest absolute Gasteiger partial charge is 0.297 e. The number of hydrogen-bond donors (Lipinski definition) is 0. The fourth-order valence-corrected chi connectivity index (χ4v) is 2.68. The highest BCUT2D eigenvalue weighted by Gasteiger charge is 2.08. The number of nitrogens with zero attached hydrogens (tertiary/aromatic N) is 3. The lowest BCUT2D eigenvalue weighted by atomic mass is 10.3. The summed E-state index contributed by atoms with van der Waals surface area (Å²) in [5.74, 6) is 0.851. The van der Waals surface area contributed by atoms with Crippen molar-refractivity contribution in [3.63, 3.8) is 0 Å². The molecule has 0 radical (unpaired) electrons. The Morgan fingerprint density at radius 2 is 2.07 bits per heavy atom. The van der Waals surface area contributed by atoms with Crippen LogP contribution in [0.1, 0.15) is 21.1 Å². The predicted molar refractivity (Wildman–Crippen MR) is 62.7 cm³/mol. The maximum atomic E-state index is 5.94. The molecule has 0 unspecified atom stereocenters. The molecule has 80 valence electrons. The first-order chi connectivity index (χ1) is 7.08. The Labute approximate surface area is 97.7 Å². The zero-order chi connectivity index (χ0) is 11.0. The second-order valence-electron chi connectivity index (χ2n) is 3.55. The molecular weight excluding hydrogens is 230 g/mol. The highest BCUT2D eigenvalue weighted by atomic mass is 35.5. The van der Waals surface area contributed by atoms with E-state index < -0.39 is 0 Å². The van der Waals surface area contributed by atoms with Crippen LogP contribution in [-0.2, 0) is 6.54 Å². The van der Waals surface area contributed by atoms with Gasteiger partial charge in [-0.15, -0.1) is 21.5 Å². The average molecular weight is 242 g/mol. The van der Waals surface area contributed by atoms with E-state index in [0.717, 1.165) is 12.4 Å². The van der Waals surface area contributed by atoms with Gasteiger partial charge in [-0.1, -0.05) is 0 Å². The van der Waals surface area contributed by atoms with Crippen LogP contribution in [0.4, 0.5) is 0 Å². The fraction of sp³-hybridized carbons (Fsp3) is 0.400. The molecule has 3 nitrogen and oxygen atoms in total. The van der Waals surface area contributed by atoms with Crippen LogP contribution in [0.2, 0.25) is 5.28 Å². The van der Waals surface area contributed by atoms with Crippen LogP contribution in [-0.4, -0.2) is 14.8 Å². The van der Waals surface area contributed by atoms with E-state index in [9.17, 15) is 0 Å². The van der Waals surface area contributed by atoms with Crippen molar-refractivity contribution < 1.29 is 0 Å². The van der Waals surface area contributed by atoms with Crippen molar-refractivity contribution >= 4 is 22.9 Å². The molecule has 0 saturated carbocycles. The van der Waals surface area contributed by atoms with Gasteiger partial charge in [-0.3, -0.25) is 4.57 Å². The maximum Gasteiger partial charge on any atom is 0.225 e. The summed E-state index contributed by atoms with van der Waals surface area (Å²) in [5.41, 5.74) is 1.33. The Balaban J connectivity index is 2.29. The normalized spacial score (nSPS) is 10.9. The van der Waals surface area contributed by atoms with Crippen LogP contribution < -0.4 is 0 Å². The standard InChI is InChI=1S/C10H12ClN3S/c1-6-4-9(15-7(6)2)5-14-8(3)12-13-10(14)11/h4H,5H2,1-3H3. The summed E-state index contributed by atoms with van der Waals surface area (Å²) < 4.78 is 1.91. The average Bonchev–Trinajstić information content (AvgIpc) is 2.64. The topological polar surface area (TPSA) is 30.7 Å².